The van der Waals surface area contributed by atoms with E-state index in [1.165, 1.54) is 6.20 Å². The van der Waals surface area contributed by atoms with Crippen LogP contribution in [0, 0.1) is 23.7 Å². The highest BCUT2D eigenvalue weighted by Crippen LogP contribution is 2.33. The monoisotopic (exact) mass is 546 g/mol. The second kappa shape index (κ2) is 11.4. The van der Waals surface area contributed by atoms with Gasteiger partial charge in [0.05, 0.1) is 42.0 Å². The van der Waals surface area contributed by atoms with Crippen molar-refractivity contribution in [1.82, 2.24) is 9.61 Å². The minimum Gasteiger partial charge on any atom is -0.497 e. The third kappa shape index (κ3) is 5.86. The van der Waals surface area contributed by atoms with Gasteiger partial charge in [-0.1, -0.05) is 6.07 Å². The van der Waals surface area contributed by atoms with E-state index in [2.05, 4.69) is 27.1 Å². The molecule has 3 aromatic carbocycles. The number of methoxy groups -OCH3 is 1. The van der Waals surface area contributed by atoms with E-state index in [0.717, 1.165) is 11.3 Å². The number of nitriles is 1. The fourth-order valence-electron chi connectivity index (χ4n) is 4.23. The quantitative estimate of drug-likeness (QED) is 0.124. The number of carbonyl (C=O) groups excluding carboxylic acids is 1. The van der Waals surface area contributed by atoms with Crippen LogP contribution in [-0.4, -0.2) is 28.6 Å². The summed E-state index contributed by atoms with van der Waals surface area (Å²) in [5, 5.41) is 30.4. The molecule has 0 saturated heterocycles. The van der Waals surface area contributed by atoms with Crippen molar-refractivity contribution in [3.05, 3.63) is 102 Å². The number of aromatic nitrogens is 2. The predicted molar refractivity (Wildman–Crippen MR) is 157 cm³/mol. The minimum atomic E-state index is -0.319. The first-order valence-corrected chi connectivity index (χ1v) is 12.5. The molecule has 2 aromatic heterocycles. The molecule has 0 atom stereocenters. The number of nitrogens with two attached hydrogens (primary N) is 1. The Morgan fingerprint density at radius 3 is 2.39 bits per heavy atom. The highest BCUT2D eigenvalue weighted by molar-refractivity contribution is 6.06. The molecule has 204 valence electrons. The van der Waals surface area contributed by atoms with Gasteiger partial charge in [0.1, 0.15) is 23.3 Å². The lowest BCUT2D eigenvalue weighted by atomic mass is 10.1. The third-order valence-electron chi connectivity index (χ3n) is 6.25. The Hall–Kier alpha value is -6.02. The molecule has 0 radical (unpaired) electrons. The van der Waals surface area contributed by atoms with Crippen LogP contribution in [-0.2, 0) is 0 Å². The molecule has 1 amide bonds. The third-order valence-corrected chi connectivity index (χ3v) is 6.25. The Kier molecular flexibility index (Phi) is 7.38. The number of guanidine groups is 1. The average Bonchev–Trinajstić information content (AvgIpc) is 3.29. The van der Waals surface area contributed by atoms with Crippen LogP contribution in [0.5, 0.6) is 17.2 Å². The number of anilines is 4. The summed E-state index contributed by atoms with van der Waals surface area (Å²) in [5.74, 6) is 1.47. The molecule has 0 fully saturated rings. The molecular weight excluding hydrogens is 520 g/mol. The van der Waals surface area contributed by atoms with Crippen molar-refractivity contribution >= 4 is 40.1 Å². The number of nitrogens with zero attached hydrogens (tertiary/aromatic N) is 3. The number of aryl methyl sites for hydroxylation is 1. The van der Waals surface area contributed by atoms with Gasteiger partial charge in [0.2, 0.25) is 0 Å². The van der Waals surface area contributed by atoms with Gasteiger partial charge in [-0.05, 0) is 67.6 Å². The summed E-state index contributed by atoms with van der Waals surface area (Å²) in [6, 6.07) is 23.4. The number of hydrogen-bond donors (Lipinski definition) is 5. The topological polar surface area (TPSA) is 163 Å². The average molecular weight is 547 g/mol. The first-order chi connectivity index (χ1) is 19.8. The van der Waals surface area contributed by atoms with Gasteiger partial charge in [-0.25, -0.2) is 4.52 Å². The molecule has 0 spiro atoms. The van der Waals surface area contributed by atoms with Crippen molar-refractivity contribution < 1.29 is 14.3 Å². The zero-order valence-corrected chi connectivity index (χ0v) is 22.2. The Morgan fingerprint density at radius 2 is 1.71 bits per heavy atom. The van der Waals surface area contributed by atoms with Crippen LogP contribution in [0.1, 0.15) is 21.5 Å². The normalized spacial score (nSPS) is 10.5. The van der Waals surface area contributed by atoms with E-state index in [-0.39, 0.29) is 11.9 Å². The molecule has 0 aliphatic carbocycles. The summed E-state index contributed by atoms with van der Waals surface area (Å²) in [5.41, 5.74) is 9.95. The smallest absolute Gasteiger partial charge is 0.255 e. The van der Waals surface area contributed by atoms with Gasteiger partial charge in [0, 0.05) is 28.6 Å². The van der Waals surface area contributed by atoms with Gasteiger partial charge in [-0.3, -0.25) is 10.2 Å². The van der Waals surface area contributed by atoms with E-state index in [1.807, 2.05) is 49.4 Å². The van der Waals surface area contributed by atoms with E-state index in [4.69, 9.17) is 20.6 Å². The zero-order valence-electron chi connectivity index (χ0n) is 22.2. The molecule has 0 bridgehead atoms. The van der Waals surface area contributed by atoms with Crippen molar-refractivity contribution in [2.45, 2.75) is 6.92 Å². The van der Waals surface area contributed by atoms with Crippen LogP contribution in [0.4, 0.5) is 22.7 Å². The van der Waals surface area contributed by atoms with Crippen LogP contribution < -0.4 is 31.2 Å². The minimum absolute atomic E-state index is 0.190. The summed E-state index contributed by atoms with van der Waals surface area (Å²) in [6.07, 6.45) is 3.17. The van der Waals surface area contributed by atoms with Gasteiger partial charge in [-0.2, -0.15) is 10.4 Å². The summed E-state index contributed by atoms with van der Waals surface area (Å²) in [7, 11) is 1.60. The molecular formula is C30H26N8O3. The lowest BCUT2D eigenvalue weighted by Crippen LogP contribution is -2.20. The Balaban J connectivity index is 1.38. The number of rotatable bonds is 8. The van der Waals surface area contributed by atoms with E-state index in [1.54, 1.807) is 48.2 Å². The Labute approximate surface area is 235 Å². The van der Waals surface area contributed by atoms with Crippen molar-refractivity contribution in [1.29, 1.82) is 10.7 Å². The van der Waals surface area contributed by atoms with Gasteiger partial charge in [-0.15, -0.1) is 0 Å². The van der Waals surface area contributed by atoms with Crippen LogP contribution >= 0.6 is 0 Å². The van der Waals surface area contributed by atoms with E-state index < -0.39 is 0 Å². The van der Waals surface area contributed by atoms with Crippen LogP contribution in [0.15, 0.2) is 85.2 Å². The zero-order chi connectivity index (χ0) is 28.9. The fourth-order valence-corrected chi connectivity index (χ4v) is 4.23. The van der Waals surface area contributed by atoms with Crippen LogP contribution in [0.25, 0.3) is 5.52 Å². The van der Waals surface area contributed by atoms with E-state index in [0.29, 0.717) is 51.0 Å². The molecule has 0 aliphatic heterocycles. The predicted octanol–water partition coefficient (Wildman–Crippen LogP) is 5.62. The number of benzene rings is 3. The summed E-state index contributed by atoms with van der Waals surface area (Å²) >= 11 is 0. The highest BCUT2D eigenvalue weighted by atomic mass is 16.5. The number of carbonyl (C=O) groups is 1. The van der Waals surface area contributed by atoms with Crippen LogP contribution in [0.3, 0.4) is 0 Å². The first-order valence-electron chi connectivity index (χ1n) is 12.5. The van der Waals surface area contributed by atoms with Gasteiger partial charge < -0.3 is 31.2 Å². The van der Waals surface area contributed by atoms with Crippen LogP contribution in [0.2, 0.25) is 0 Å². The Bertz CT molecular complexity index is 1790. The maximum atomic E-state index is 13.0. The first kappa shape index (κ1) is 26.6. The summed E-state index contributed by atoms with van der Waals surface area (Å²) in [6.45, 7) is 1.85. The Morgan fingerprint density at radius 1 is 1.00 bits per heavy atom. The maximum absolute atomic E-state index is 13.0. The summed E-state index contributed by atoms with van der Waals surface area (Å²) < 4.78 is 12.8. The number of nitrogens with one attached hydrogen (secondary N) is 4. The number of hydrogen-bond acceptors (Lipinski definition) is 7. The molecule has 11 heteroatoms. The van der Waals surface area contributed by atoms with Gasteiger partial charge in [0.15, 0.2) is 5.96 Å². The standard InChI is InChI=1S/C30H26N8O3/c1-18-26(37-29(39)19-6-8-22(9-7-19)36-30(32)33)17-38-28(18)27(20(15-31)16-34-38)35-21-10-12-23(13-11-21)41-25-5-3-4-24(14-25)40-2/h3-14,16-17,35H,1-2H3,(H,37,39)(H4,32,33,36). The highest BCUT2D eigenvalue weighted by Gasteiger charge is 2.18. The SMILES string of the molecule is COc1cccc(Oc2ccc(Nc3c(C#N)cnn4cc(NC(=O)c5ccc(NC(=N)N)cc5)c(C)c34)cc2)c1. The second-order valence-electron chi connectivity index (χ2n) is 9.01. The number of ether oxygens (including phenoxy) is 2. The van der Waals surface area contributed by atoms with Crippen molar-refractivity contribution in [2.24, 2.45) is 5.73 Å². The fraction of sp³-hybridized carbons (Fsp3) is 0.0667. The molecule has 41 heavy (non-hydrogen) atoms. The maximum Gasteiger partial charge on any atom is 0.255 e. The summed E-state index contributed by atoms with van der Waals surface area (Å²) in [4.78, 5) is 13.0. The molecule has 2 heterocycles. The lowest BCUT2D eigenvalue weighted by molar-refractivity contribution is 0.102. The molecule has 6 N–H and O–H groups in total. The molecule has 5 aromatic rings. The largest absolute Gasteiger partial charge is 0.497 e. The van der Waals surface area contributed by atoms with Crippen molar-refractivity contribution in [3.8, 4) is 23.3 Å². The molecule has 0 aliphatic rings. The molecule has 5 rings (SSSR count). The number of fused-ring (bicyclic) bond motifs is 1. The van der Waals surface area contributed by atoms with Gasteiger partial charge in [0.25, 0.3) is 5.91 Å². The van der Waals surface area contributed by atoms with Gasteiger partial charge >= 0.3 is 0 Å². The molecule has 0 unspecified atom stereocenters. The van der Waals surface area contributed by atoms with Crippen molar-refractivity contribution in [3.63, 3.8) is 0 Å². The van der Waals surface area contributed by atoms with E-state index >= 15 is 0 Å². The number of amides is 1. The molecule has 11 nitrogen and oxygen atoms in total. The molecule has 0 saturated carbocycles. The van der Waals surface area contributed by atoms with E-state index in [9.17, 15) is 10.1 Å². The lowest BCUT2D eigenvalue weighted by Gasteiger charge is -2.12. The second-order valence-corrected chi connectivity index (χ2v) is 9.01. The van der Waals surface area contributed by atoms with Crippen molar-refractivity contribution in [2.75, 3.05) is 23.1 Å².